The molecule has 138 valence electrons. The number of anilines is 1. The third-order valence-electron chi connectivity index (χ3n) is 3.78. The Hall–Kier alpha value is -1.18. The second-order valence-electron chi connectivity index (χ2n) is 6.12. The molecule has 1 aromatic heterocycles. The number of carboxylic acids is 1. The number of nitrogens with one attached hydrogen (secondary N) is 1. The van der Waals surface area contributed by atoms with Crippen LogP contribution in [0.15, 0.2) is 6.07 Å². The highest BCUT2D eigenvalue weighted by molar-refractivity contribution is 8.02. The van der Waals surface area contributed by atoms with E-state index < -0.39 is 10.7 Å². The topological polar surface area (TPSA) is 88.5 Å². The standard InChI is InChI=1S/C16H20Cl2N2O4S/c1-9(2)24-14-11(18)7-10(17)13(20-14)19-12(21)8-25-16(15(22)23)5-3-4-6-16/h7,9H,3-6,8H2,1-2H3,(H,22,23)(H,19,20,21). The van der Waals surface area contributed by atoms with Crippen molar-refractivity contribution in [1.82, 2.24) is 4.98 Å². The summed E-state index contributed by atoms with van der Waals surface area (Å²) in [5.74, 6) is -0.902. The molecule has 0 atom stereocenters. The van der Waals surface area contributed by atoms with Gasteiger partial charge < -0.3 is 15.2 Å². The number of rotatable bonds is 7. The van der Waals surface area contributed by atoms with E-state index in [9.17, 15) is 14.7 Å². The number of pyridine rings is 1. The summed E-state index contributed by atoms with van der Waals surface area (Å²) >= 11 is 13.2. The molecule has 1 fully saturated rings. The summed E-state index contributed by atoms with van der Waals surface area (Å²) in [5.41, 5.74) is 0. The summed E-state index contributed by atoms with van der Waals surface area (Å²) in [7, 11) is 0. The zero-order valence-electron chi connectivity index (χ0n) is 14.0. The molecule has 0 radical (unpaired) electrons. The lowest BCUT2D eigenvalue weighted by molar-refractivity contribution is -0.139. The van der Waals surface area contributed by atoms with E-state index in [0.717, 1.165) is 24.6 Å². The van der Waals surface area contributed by atoms with Gasteiger partial charge in [0.15, 0.2) is 5.82 Å². The summed E-state index contributed by atoms with van der Waals surface area (Å²) in [4.78, 5) is 27.9. The molecule has 9 heteroatoms. The number of hydrogen-bond donors (Lipinski definition) is 2. The van der Waals surface area contributed by atoms with E-state index in [1.54, 1.807) is 0 Å². The van der Waals surface area contributed by atoms with E-state index in [1.807, 2.05) is 13.8 Å². The zero-order valence-corrected chi connectivity index (χ0v) is 16.3. The Kier molecular flexibility index (Phi) is 6.82. The monoisotopic (exact) mass is 406 g/mol. The minimum Gasteiger partial charge on any atom is -0.480 e. The van der Waals surface area contributed by atoms with Gasteiger partial charge in [-0.25, -0.2) is 0 Å². The molecule has 1 aliphatic rings. The van der Waals surface area contributed by atoms with Gasteiger partial charge in [0, 0.05) is 0 Å². The van der Waals surface area contributed by atoms with Crippen LogP contribution in [0.3, 0.4) is 0 Å². The molecule has 1 heterocycles. The molecule has 2 N–H and O–H groups in total. The summed E-state index contributed by atoms with van der Waals surface area (Å²) < 4.78 is 4.60. The quantitative estimate of drug-likeness (QED) is 0.703. The molecule has 0 saturated heterocycles. The number of carbonyl (C=O) groups is 2. The van der Waals surface area contributed by atoms with Crippen LogP contribution in [0, 0.1) is 0 Å². The fourth-order valence-corrected chi connectivity index (χ4v) is 4.21. The van der Waals surface area contributed by atoms with E-state index in [4.69, 9.17) is 27.9 Å². The minimum atomic E-state index is -0.875. The van der Waals surface area contributed by atoms with E-state index in [0.29, 0.717) is 12.8 Å². The second kappa shape index (κ2) is 8.47. The summed E-state index contributed by atoms with van der Waals surface area (Å²) in [5, 5.41) is 12.5. The van der Waals surface area contributed by atoms with Gasteiger partial charge in [-0.05, 0) is 32.8 Å². The Morgan fingerprint density at radius 3 is 2.56 bits per heavy atom. The van der Waals surface area contributed by atoms with Gasteiger partial charge >= 0.3 is 5.97 Å². The normalized spacial score (nSPS) is 16.0. The van der Waals surface area contributed by atoms with Gasteiger partial charge in [-0.2, -0.15) is 4.98 Å². The highest BCUT2D eigenvalue weighted by atomic mass is 35.5. The number of nitrogens with zero attached hydrogens (tertiary/aromatic N) is 1. The van der Waals surface area contributed by atoms with Crippen LogP contribution in [0.2, 0.25) is 10.0 Å². The molecular formula is C16H20Cl2N2O4S. The van der Waals surface area contributed by atoms with Gasteiger partial charge in [-0.1, -0.05) is 36.0 Å². The van der Waals surface area contributed by atoms with Crippen LogP contribution >= 0.6 is 35.0 Å². The lowest BCUT2D eigenvalue weighted by Gasteiger charge is -2.22. The Labute approximate surface area is 160 Å². The maximum absolute atomic E-state index is 12.2. The molecule has 2 rings (SSSR count). The van der Waals surface area contributed by atoms with Gasteiger partial charge in [0.1, 0.15) is 9.77 Å². The molecule has 0 aromatic carbocycles. The fourth-order valence-electron chi connectivity index (χ4n) is 2.58. The second-order valence-corrected chi connectivity index (χ2v) is 8.29. The van der Waals surface area contributed by atoms with E-state index >= 15 is 0 Å². The smallest absolute Gasteiger partial charge is 0.319 e. The Morgan fingerprint density at radius 1 is 1.36 bits per heavy atom. The number of amides is 1. The number of thioether (sulfide) groups is 1. The predicted octanol–water partition coefficient (Wildman–Crippen LogP) is 4.24. The Morgan fingerprint density at radius 2 is 2.00 bits per heavy atom. The van der Waals surface area contributed by atoms with E-state index in [2.05, 4.69) is 10.3 Å². The van der Waals surface area contributed by atoms with E-state index in [-0.39, 0.29) is 39.5 Å². The summed E-state index contributed by atoms with van der Waals surface area (Å²) in [6.45, 7) is 3.66. The lowest BCUT2D eigenvalue weighted by Crippen LogP contribution is -2.33. The number of hydrogen-bond acceptors (Lipinski definition) is 5. The molecule has 0 spiro atoms. The number of halogens is 2. The Balaban J connectivity index is 2.03. The molecular weight excluding hydrogens is 387 g/mol. The van der Waals surface area contributed by atoms with Crippen molar-refractivity contribution in [3.8, 4) is 5.88 Å². The first-order valence-electron chi connectivity index (χ1n) is 7.93. The number of aliphatic carboxylic acids is 1. The third kappa shape index (κ3) is 5.15. The molecule has 25 heavy (non-hydrogen) atoms. The first-order valence-corrected chi connectivity index (χ1v) is 9.67. The van der Waals surface area contributed by atoms with E-state index in [1.165, 1.54) is 6.07 Å². The number of carbonyl (C=O) groups excluding carboxylic acids is 1. The molecule has 0 bridgehead atoms. The maximum Gasteiger partial charge on any atom is 0.319 e. The van der Waals surface area contributed by atoms with Crippen LogP contribution in [0.1, 0.15) is 39.5 Å². The minimum absolute atomic E-state index is 0.00725. The van der Waals surface area contributed by atoms with Gasteiger partial charge in [-0.15, -0.1) is 11.8 Å². The molecule has 1 aliphatic carbocycles. The maximum atomic E-state index is 12.2. The van der Waals surface area contributed by atoms with Gasteiger partial charge in [0.25, 0.3) is 0 Å². The molecule has 6 nitrogen and oxygen atoms in total. The predicted molar refractivity (Wildman–Crippen MR) is 99.9 cm³/mol. The van der Waals surface area contributed by atoms with Crippen LogP contribution in [0.5, 0.6) is 5.88 Å². The number of aromatic nitrogens is 1. The molecule has 1 aromatic rings. The van der Waals surface area contributed by atoms with Crippen molar-refractivity contribution in [2.45, 2.75) is 50.4 Å². The fraction of sp³-hybridized carbons (Fsp3) is 0.562. The van der Waals surface area contributed by atoms with Crippen LogP contribution in [-0.4, -0.2) is 38.6 Å². The SMILES string of the molecule is CC(C)Oc1nc(NC(=O)CSC2(C(=O)O)CCCC2)c(Cl)cc1Cl. The summed E-state index contributed by atoms with van der Waals surface area (Å²) in [6.07, 6.45) is 2.74. The van der Waals surface area contributed by atoms with Crippen LogP contribution in [-0.2, 0) is 9.59 Å². The van der Waals surface area contributed by atoms with Crippen molar-refractivity contribution < 1.29 is 19.4 Å². The first kappa shape index (κ1) is 20.1. The van der Waals surface area contributed by atoms with Crippen molar-refractivity contribution in [1.29, 1.82) is 0 Å². The van der Waals surface area contributed by atoms with Crippen molar-refractivity contribution in [3.05, 3.63) is 16.1 Å². The van der Waals surface area contributed by atoms with Crippen LogP contribution in [0.4, 0.5) is 5.82 Å². The lowest BCUT2D eigenvalue weighted by atomic mass is 10.1. The molecule has 0 unspecified atom stereocenters. The van der Waals surface area contributed by atoms with Crippen molar-refractivity contribution >= 4 is 52.7 Å². The zero-order chi connectivity index (χ0) is 18.6. The van der Waals surface area contributed by atoms with Gasteiger partial charge in [0.2, 0.25) is 11.8 Å². The van der Waals surface area contributed by atoms with Crippen molar-refractivity contribution in [3.63, 3.8) is 0 Å². The molecule has 0 aliphatic heterocycles. The highest BCUT2D eigenvalue weighted by Crippen LogP contribution is 2.42. The summed E-state index contributed by atoms with van der Waals surface area (Å²) in [6, 6.07) is 1.45. The molecule has 1 amide bonds. The highest BCUT2D eigenvalue weighted by Gasteiger charge is 2.42. The van der Waals surface area contributed by atoms with Gasteiger partial charge in [-0.3, -0.25) is 9.59 Å². The molecule has 1 saturated carbocycles. The number of ether oxygens (including phenoxy) is 1. The van der Waals surface area contributed by atoms with Crippen molar-refractivity contribution in [2.24, 2.45) is 0 Å². The van der Waals surface area contributed by atoms with Crippen molar-refractivity contribution in [2.75, 3.05) is 11.1 Å². The van der Waals surface area contributed by atoms with Gasteiger partial charge in [0.05, 0.1) is 16.9 Å². The van der Waals surface area contributed by atoms with Crippen LogP contribution < -0.4 is 10.1 Å². The Bertz CT molecular complexity index is 664. The van der Waals surface area contributed by atoms with Crippen LogP contribution in [0.25, 0.3) is 0 Å². The first-order chi connectivity index (χ1) is 11.7. The third-order valence-corrected chi connectivity index (χ3v) is 5.88. The average Bonchev–Trinajstić information content (AvgIpc) is 3.00. The average molecular weight is 407 g/mol. The largest absolute Gasteiger partial charge is 0.480 e. The number of carboxylic acid groups (broad SMARTS) is 1.